The fraction of sp³-hybridized carbons (Fsp3) is 0.385. The Morgan fingerprint density at radius 2 is 1.85 bits per heavy atom. The lowest BCUT2D eigenvalue weighted by molar-refractivity contribution is -0.140. The van der Waals surface area contributed by atoms with Crippen LogP contribution in [-0.4, -0.2) is 34.9 Å². The maximum atomic E-state index is 13.4. The van der Waals surface area contributed by atoms with Gasteiger partial charge < -0.3 is 20.8 Å². The Balaban J connectivity index is 2.59. The molecule has 6 nitrogen and oxygen atoms in total. The van der Waals surface area contributed by atoms with Crippen LogP contribution in [0.15, 0.2) is 12.1 Å². The minimum absolute atomic E-state index is 0.131. The molecule has 1 rings (SSSR count). The maximum Gasteiger partial charge on any atom is 0.328 e. The van der Waals surface area contributed by atoms with E-state index in [2.05, 4.69) is 10.6 Å². The largest absolute Gasteiger partial charge is 0.480 e. The molecule has 0 aliphatic heterocycles. The van der Waals surface area contributed by atoms with Crippen LogP contribution in [0.1, 0.15) is 16.7 Å². The van der Waals surface area contributed by atoms with Crippen molar-refractivity contribution >= 4 is 12.0 Å². The zero-order valence-electron chi connectivity index (χ0n) is 11.2. The van der Waals surface area contributed by atoms with Crippen LogP contribution in [0.2, 0.25) is 0 Å². The molecule has 0 radical (unpaired) electrons. The summed E-state index contributed by atoms with van der Waals surface area (Å²) in [5, 5.41) is 22.0. The minimum atomic E-state index is -1.35. The number of benzene rings is 1. The van der Waals surface area contributed by atoms with Gasteiger partial charge in [0.15, 0.2) is 6.04 Å². The molecule has 0 fully saturated rings. The molecule has 0 saturated heterocycles. The van der Waals surface area contributed by atoms with E-state index in [1.807, 2.05) is 0 Å². The normalized spacial score (nSPS) is 11.8. The molecule has 2 amide bonds. The first-order valence-electron chi connectivity index (χ1n) is 5.98. The van der Waals surface area contributed by atoms with Crippen molar-refractivity contribution < 1.29 is 24.2 Å². The number of amides is 2. The van der Waals surface area contributed by atoms with Gasteiger partial charge in [-0.25, -0.2) is 14.0 Å². The quantitative estimate of drug-likeness (QED) is 0.639. The number of carbonyl (C=O) groups excluding carboxylic acids is 1. The van der Waals surface area contributed by atoms with Gasteiger partial charge in [-0.2, -0.15) is 0 Å². The van der Waals surface area contributed by atoms with Gasteiger partial charge in [-0.3, -0.25) is 0 Å². The second-order valence-corrected chi connectivity index (χ2v) is 4.44. The molecule has 0 aliphatic rings. The first-order valence-corrected chi connectivity index (χ1v) is 5.98. The van der Waals surface area contributed by atoms with Crippen LogP contribution in [0.3, 0.4) is 0 Å². The van der Waals surface area contributed by atoms with Crippen molar-refractivity contribution in [3.05, 3.63) is 34.6 Å². The second-order valence-electron chi connectivity index (χ2n) is 4.44. The van der Waals surface area contributed by atoms with E-state index in [-0.39, 0.29) is 12.4 Å². The lowest BCUT2D eigenvalue weighted by Gasteiger charge is -2.13. The Morgan fingerprint density at radius 3 is 2.30 bits per heavy atom. The van der Waals surface area contributed by atoms with Crippen molar-refractivity contribution in [1.29, 1.82) is 0 Å². The zero-order valence-corrected chi connectivity index (χ0v) is 11.2. The molecule has 0 saturated carbocycles. The van der Waals surface area contributed by atoms with E-state index in [9.17, 15) is 14.0 Å². The topological polar surface area (TPSA) is 98.7 Å². The second kappa shape index (κ2) is 6.85. The molecular weight excluding hydrogens is 267 g/mol. The van der Waals surface area contributed by atoms with Crippen LogP contribution < -0.4 is 10.6 Å². The van der Waals surface area contributed by atoms with Gasteiger partial charge in [0.2, 0.25) is 0 Å². The summed E-state index contributed by atoms with van der Waals surface area (Å²) in [5.41, 5.74) is 1.65. The maximum absolute atomic E-state index is 13.4. The van der Waals surface area contributed by atoms with Gasteiger partial charge in [0, 0.05) is 6.54 Å². The third kappa shape index (κ3) is 4.20. The lowest BCUT2D eigenvalue weighted by atomic mass is 10.1. The summed E-state index contributed by atoms with van der Waals surface area (Å²) in [5.74, 6) is -1.61. The molecule has 0 aromatic heterocycles. The predicted molar refractivity (Wildman–Crippen MR) is 69.8 cm³/mol. The van der Waals surface area contributed by atoms with Crippen LogP contribution >= 0.6 is 0 Å². The number of carboxylic acid groups (broad SMARTS) is 1. The molecule has 4 N–H and O–H groups in total. The van der Waals surface area contributed by atoms with Crippen molar-refractivity contribution in [1.82, 2.24) is 10.6 Å². The summed E-state index contributed by atoms with van der Waals surface area (Å²) in [6.07, 6.45) is 0. The molecule has 0 bridgehead atoms. The van der Waals surface area contributed by atoms with Gasteiger partial charge in [0.05, 0.1) is 6.61 Å². The van der Waals surface area contributed by atoms with Crippen LogP contribution in [0.4, 0.5) is 9.18 Å². The highest BCUT2D eigenvalue weighted by Crippen LogP contribution is 2.14. The molecule has 0 heterocycles. The summed E-state index contributed by atoms with van der Waals surface area (Å²) in [6.45, 7) is 2.68. The first-order chi connectivity index (χ1) is 9.35. The number of carbonyl (C=O) groups is 2. The number of aliphatic hydroxyl groups is 1. The number of aliphatic carboxylic acids is 1. The van der Waals surface area contributed by atoms with E-state index in [0.29, 0.717) is 16.7 Å². The summed E-state index contributed by atoms with van der Waals surface area (Å²) in [7, 11) is 0. The smallest absolute Gasteiger partial charge is 0.328 e. The van der Waals surface area contributed by atoms with Gasteiger partial charge in [-0.15, -0.1) is 0 Å². The van der Waals surface area contributed by atoms with E-state index in [0.717, 1.165) is 0 Å². The van der Waals surface area contributed by atoms with Crippen molar-refractivity contribution in [2.24, 2.45) is 0 Å². The molecule has 20 heavy (non-hydrogen) atoms. The van der Waals surface area contributed by atoms with Gasteiger partial charge in [0.25, 0.3) is 0 Å². The van der Waals surface area contributed by atoms with Crippen molar-refractivity contribution in [2.45, 2.75) is 26.4 Å². The third-order valence-electron chi connectivity index (χ3n) is 2.74. The number of urea groups is 1. The number of rotatable bonds is 5. The van der Waals surface area contributed by atoms with E-state index in [1.165, 1.54) is 0 Å². The van der Waals surface area contributed by atoms with Crippen molar-refractivity contribution in [3.63, 3.8) is 0 Å². The minimum Gasteiger partial charge on any atom is -0.480 e. The van der Waals surface area contributed by atoms with Crippen LogP contribution in [0.5, 0.6) is 0 Å². The third-order valence-corrected chi connectivity index (χ3v) is 2.74. The van der Waals surface area contributed by atoms with E-state index in [4.69, 9.17) is 10.2 Å². The molecule has 110 valence electrons. The number of aliphatic hydroxyl groups excluding tert-OH is 1. The van der Waals surface area contributed by atoms with Crippen molar-refractivity contribution in [3.8, 4) is 0 Å². The average Bonchev–Trinajstić information content (AvgIpc) is 2.39. The molecular formula is C13H17FN2O4. The summed E-state index contributed by atoms with van der Waals surface area (Å²) < 4.78 is 13.4. The molecule has 0 unspecified atom stereocenters. The van der Waals surface area contributed by atoms with Crippen molar-refractivity contribution in [2.75, 3.05) is 6.61 Å². The first kappa shape index (κ1) is 15.9. The zero-order chi connectivity index (χ0) is 15.3. The number of halogens is 1. The highest BCUT2D eigenvalue weighted by molar-refractivity contribution is 5.82. The predicted octanol–water partition coefficient (Wildman–Crippen LogP) is 0.687. The average molecular weight is 284 g/mol. The van der Waals surface area contributed by atoms with Gasteiger partial charge in [-0.05, 0) is 30.5 Å². The monoisotopic (exact) mass is 284 g/mol. The highest BCUT2D eigenvalue weighted by Gasteiger charge is 2.18. The fourth-order valence-corrected chi connectivity index (χ4v) is 1.71. The fourth-order valence-electron chi connectivity index (χ4n) is 1.71. The Bertz CT molecular complexity index is 496. The Kier molecular flexibility index (Phi) is 5.45. The number of aryl methyl sites for hydroxylation is 2. The molecule has 1 atom stereocenters. The van der Waals surface area contributed by atoms with E-state index in [1.54, 1.807) is 26.0 Å². The standard InChI is InChI=1S/C13H17FN2O4/c1-7-3-9(4-8(2)11(7)14)5-15-13(20)16-10(6-17)12(18)19/h3-4,10,17H,5-6H2,1-2H3,(H,18,19)(H2,15,16,20)/t10-/m1/s1. The van der Waals surface area contributed by atoms with Crippen LogP contribution in [-0.2, 0) is 11.3 Å². The molecule has 7 heteroatoms. The van der Waals surface area contributed by atoms with Gasteiger partial charge >= 0.3 is 12.0 Å². The molecule has 0 spiro atoms. The van der Waals surface area contributed by atoms with Crippen LogP contribution in [0, 0.1) is 19.7 Å². The molecule has 1 aromatic carbocycles. The number of carboxylic acids is 1. The highest BCUT2D eigenvalue weighted by atomic mass is 19.1. The molecule has 0 aliphatic carbocycles. The summed E-state index contributed by atoms with van der Waals surface area (Å²) in [4.78, 5) is 22.1. The van der Waals surface area contributed by atoms with Gasteiger partial charge in [-0.1, -0.05) is 12.1 Å². The lowest BCUT2D eigenvalue weighted by Crippen LogP contribution is -2.47. The number of nitrogens with one attached hydrogen (secondary N) is 2. The molecule has 1 aromatic rings. The van der Waals surface area contributed by atoms with E-state index < -0.39 is 24.6 Å². The number of hydrogen-bond acceptors (Lipinski definition) is 3. The SMILES string of the molecule is Cc1cc(CNC(=O)N[C@H](CO)C(=O)O)cc(C)c1F. The van der Waals surface area contributed by atoms with Crippen LogP contribution in [0.25, 0.3) is 0 Å². The van der Waals surface area contributed by atoms with Gasteiger partial charge in [0.1, 0.15) is 5.82 Å². The number of hydrogen-bond donors (Lipinski definition) is 4. The Hall–Kier alpha value is -2.15. The Labute approximate surface area is 115 Å². The Morgan fingerprint density at radius 1 is 1.30 bits per heavy atom. The summed E-state index contributed by atoms with van der Waals surface area (Å²) in [6, 6.07) is 1.13. The van der Waals surface area contributed by atoms with E-state index >= 15 is 0 Å². The summed E-state index contributed by atoms with van der Waals surface area (Å²) >= 11 is 0.